The van der Waals surface area contributed by atoms with Crippen LogP contribution in [0.15, 0.2) is 18.2 Å². The van der Waals surface area contributed by atoms with Crippen molar-refractivity contribution in [3.8, 4) is 11.5 Å². The van der Waals surface area contributed by atoms with Crippen LogP contribution in [0.2, 0.25) is 0 Å². The predicted molar refractivity (Wildman–Crippen MR) is 63.3 cm³/mol. The number of fused-ring (bicyclic) bond motifs is 1. The lowest BCUT2D eigenvalue weighted by Gasteiger charge is -2.20. The summed E-state index contributed by atoms with van der Waals surface area (Å²) in [5.41, 5.74) is 1.15. The van der Waals surface area contributed by atoms with Gasteiger partial charge in [0.2, 0.25) is 0 Å². The van der Waals surface area contributed by atoms with E-state index in [1.165, 1.54) is 6.42 Å². The fourth-order valence-corrected chi connectivity index (χ4v) is 2.72. The van der Waals surface area contributed by atoms with Crippen LogP contribution in [0.5, 0.6) is 11.5 Å². The molecule has 16 heavy (non-hydrogen) atoms. The highest BCUT2D eigenvalue weighted by atomic mass is 35.5. The van der Waals surface area contributed by atoms with Crippen LogP contribution >= 0.6 is 11.6 Å². The third-order valence-electron chi connectivity index (χ3n) is 3.43. The van der Waals surface area contributed by atoms with Crippen LogP contribution in [-0.2, 0) is 0 Å². The summed E-state index contributed by atoms with van der Waals surface area (Å²) in [7, 11) is 0. The number of hydrogen-bond acceptors (Lipinski definition) is 2. The number of alkyl halides is 1. The van der Waals surface area contributed by atoms with Gasteiger partial charge in [-0.05, 0) is 36.0 Å². The number of hydrogen-bond donors (Lipinski definition) is 0. The van der Waals surface area contributed by atoms with Crippen LogP contribution in [0.25, 0.3) is 0 Å². The quantitative estimate of drug-likeness (QED) is 0.736. The zero-order valence-corrected chi connectivity index (χ0v) is 10.0. The van der Waals surface area contributed by atoms with Gasteiger partial charge in [0.15, 0.2) is 11.5 Å². The number of benzene rings is 1. The molecule has 2 aliphatic rings. The van der Waals surface area contributed by atoms with Crippen molar-refractivity contribution in [1.82, 2.24) is 0 Å². The summed E-state index contributed by atoms with van der Waals surface area (Å²) >= 11 is 6.44. The molecule has 0 saturated heterocycles. The van der Waals surface area contributed by atoms with Gasteiger partial charge in [0, 0.05) is 0 Å². The Balaban J connectivity index is 1.85. The molecule has 0 bridgehead atoms. The summed E-state index contributed by atoms with van der Waals surface area (Å²) in [5, 5.41) is 0.117. The van der Waals surface area contributed by atoms with E-state index in [9.17, 15) is 0 Å². The Hall–Kier alpha value is -0.890. The molecule has 3 atom stereocenters. The van der Waals surface area contributed by atoms with Gasteiger partial charge in [-0.15, -0.1) is 11.6 Å². The molecule has 1 fully saturated rings. The van der Waals surface area contributed by atoms with Gasteiger partial charge >= 0.3 is 0 Å². The van der Waals surface area contributed by atoms with Crippen LogP contribution in [0, 0.1) is 11.8 Å². The molecular weight excluding hydrogens is 224 g/mol. The van der Waals surface area contributed by atoms with E-state index in [0.29, 0.717) is 19.1 Å². The van der Waals surface area contributed by atoms with Gasteiger partial charge < -0.3 is 9.47 Å². The SMILES string of the molecule is CC1CC1C(Cl)c1ccc2c(c1)OCCO2. The molecular formula is C13H15ClO2. The first-order chi connectivity index (χ1) is 7.75. The number of halogens is 1. The maximum Gasteiger partial charge on any atom is 0.161 e. The number of ether oxygens (including phenoxy) is 2. The van der Waals surface area contributed by atoms with Crippen molar-refractivity contribution in [2.45, 2.75) is 18.7 Å². The van der Waals surface area contributed by atoms with E-state index < -0.39 is 0 Å². The Kier molecular flexibility index (Phi) is 2.47. The van der Waals surface area contributed by atoms with Gasteiger partial charge in [-0.1, -0.05) is 13.0 Å². The zero-order chi connectivity index (χ0) is 11.1. The van der Waals surface area contributed by atoms with E-state index in [2.05, 4.69) is 13.0 Å². The molecule has 86 valence electrons. The third kappa shape index (κ3) is 1.75. The molecule has 3 rings (SSSR count). The van der Waals surface area contributed by atoms with Crippen molar-refractivity contribution < 1.29 is 9.47 Å². The smallest absolute Gasteiger partial charge is 0.161 e. The van der Waals surface area contributed by atoms with Crippen LogP contribution < -0.4 is 9.47 Å². The topological polar surface area (TPSA) is 18.5 Å². The van der Waals surface area contributed by atoms with Crippen molar-refractivity contribution in [1.29, 1.82) is 0 Å². The maximum absolute atomic E-state index is 6.44. The van der Waals surface area contributed by atoms with Crippen molar-refractivity contribution >= 4 is 11.6 Å². The molecule has 1 aliphatic carbocycles. The van der Waals surface area contributed by atoms with Crippen LogP contribution in [0.4, 0.5) is 0 Å². The lowest BCUT2D eigenvalue weighted by molar-refractivity contribution is 0.171. The summed E-state index contributed by atoms with van der Waals surface area (Å²) < 4.78 is 11.0. The van der Waals surface area contributed by atoms with Crippen molar-refractivity contribution in [2.24, 2.45) is 11.8 Å². The summed E-state index contributed by atoms with van der Waals surface area (Å²) in [6.07, 6.45) is 1.24. The van der Waals surface area contributed by atoms with E-state index in [1.807, 2.05) is 12.1 Å². The van der Waals surface area contributed by atoms with Gasteiger partial charge in [0.05, 0.1) is 5.38 Å². The molecule has 1 aromatic carbocycles. The monoisotopic (exact) mass is 238 g/mol. The Morgan fingerprint density at radius 3 is 2.62 bits per heavy atom. The van der Waals surface area contributed by atoms with Crippen LogP contribution in [-0.4, -0.2) is 13.2 Å². The highest BCUT2D eigenvalue weighted by Crippen LogP contribution is 2.51. The number of rotatable bonds is 2. The first-order valence-corrected chi connectivity index (χ1v) is 6.23. The Labute approximate surface area is 101 Å². The van der Waals surface area contributed by atoms with E-state index >= 15 is 0 Å². The van der Waals surface area contributed by atoms with Gasteiger partial charge in [0.1, 0.15) is 13.2 Å². The van der Waals surface area contributed by atoms with Crippen molar-refractivity contribution in [2.75, 3.05) is 13.2 Å². The standard InChI is InChI=1S/C13H15ClO2/c1-8-6-10(8)13(14)9-2-3-11-12(7-9)16-5-4-15-11/h2-3,7-8,10,13H,4-6H2,1H3. The van der Waals surface area contributed by atoms with Gasteiger partial charge in [0.25, 0.3) is 0 Å². The molecule has 1 heterocycles. The minimum Gasteiger partial charge on any atom is -0.486 e. The summed E-state index contributed by atoms with van der Waals surface area (Å²) in [4.78, 5) is 0. The minimum atomic E-state index is 0.117. The third-order valence-corrected chi connectivity index (χ3v) is 4.01. The van der Waals surface area contributed by atoms with E-state index in [1.54, 1.807) is 0 Å². The molecule has 3 unspecified atom stereocenters. The highest BCUT2D eigenvalue weighted by Gasteiger charge is 2.39. The van der Waals surface area contributed by atoms with Crippen LogP contribution in [0.3, 0.4) is 0 Å². The summed E-state index contributed by atoms with van der Waals surface area (Å²) in [5.74, 6) is 3.06. The average Bonchev–Trinajstić information content (AvgIpc) is 3.05. The molecule has 3 heteroatoms. The average molecular weight is 239 g/mol. The van der Waals surface area contributed by atoms with E-state index in [0.717, 1.165) is 23.0 Å². The first kappa shape index (κ1) is 10.3. The van der Waals surface area contributed by atoms with Gasteiger partial charge in [-0.25, -0.2) is 0 Å². The molecule has 2 nitrogen and oxygen atoms in total. The molecule has 0 N–H and O–H groups in total. The minimum absolute atomic E-state index is 0.117. The summed E-state index contributed by atoms with van der Waals surface area (Å²) in [6, 6.07) is 6.04. The van der Waals surface area contributed by atoms with Gasteiger partial charge in [-0.2, -0.15) is 0 Å². The lowest BCUT2D eigenvalue weighted by Crippen LogP contribution is -2.15. The normalized spacial score (nSPS) is 28.6. The summed E-state index contributed by atoms with van der Waals surface area (Å²) in [6.45, 7) is 3.51. The second-order valence-electron chi connectivity index (χ2n) is 4.68. The van der Waals surface area contributed by atoms with E-state index in [-0.39, 0.29) is 5.38 Å². The molecule has 1 aromatic rings. The zero-order valence-electron chi connectivity index (χ0n) is 9.28. The maximum atomic E-state index is 6.44. The van der Waals surface area contributed by atoms with Crippen molar-refractivity contribution in [3.05, 3.63) is 23.8 Å². The first-order valence-electron chi connectivity index (χ1n) is 5.79. The molecule has 0 amide bonds. The molecule has 1 aliphatic heterocycles. The second kappa shape index (κ2) is 3.85. The molecule has 1 saturated carbocycles. The largest absolute Gasteiger partial charge is 0.486 e. The fraction of sp³-hybridized carbons (Fsp3) is 0.538. The Morgan fingerprint density at radius 2 is 1.94 bits per heavy atom. The predicted octanol–water partition coefficient (Wildman–Crippen LogP) is 3.39. The molecule has 0 radical (unpaired) electrons. The van der Waals surface area contributed by atoms with Gasteiger partial charge in [-0.3, -0.25) is 0 Å². The Morgan fingerprint density at radius 1 is 1.25 bits per heavy atom. The fourth-order valence-electron chi connectivity index (χ4n) is 2.24. The highest BCUT2D eigenvalue weighted by molar-refractivity contribution is 6.21. The second-order valence-corrected chi connectivity index (χ2v) is 5.15. The lowest BCUT2D eigenvalue weighted by atomic mass is 10.1. The van der Waals surface area contributed by atoms with Crippen molar-refractivity contribution in [3.63, 3.8) is 0 Å². The molecule has 0 spiro atoms. The van der Waals surface area contributed by atoms with E-state index in [4.69, 9.17) is 21.1 Å². The van der Waals surface area contributed by atoms with Crippen LogP contribution in [0.1, 0.15) is 24.3 Å². The molecule has 0 aromatic heterocycles. The Bertz CT molecular complexity index is 405.